The molecule has 2 aromatic carbocycles. The molecule has 0 saturated carbocycles. The highest BCUT2D eigenvalue weighted by Crippen LogP contribution is 2.33. The zero-order valence-corrected chi connectivity index (χ0v) is 17.8. The number of ether oxygens (including phenoxy) is 1. The molecule has 2 N–H and O–H groups in total. The van der Waals surface area contributed by atoms with E-state index in [0.29, 0.717) is 10.6 Å². The van der Waals surface area contributed by atoms with Crippen LogP contribution in [-0.2, 0) is 16.3 Å². The van der Waals surface area contributed by atoms with E-state index in [0.717, 1.165) is 24.5 Å². The highest BCUT2D eigenvalue weighted by atomic mass is 32.2. The summed E-state index contributed by atoms with van der Waals surface area (Å²) < 4.78 is 30.1. The first-order chi connectivity index (χ1) is 15.5. The highest BCUT2D eigenvalue weighted by Gasteiger charge is 2.42. The number of nitrogens with zero attached hydrogens (tertiary/aromatic N) is 5. The molecule has 170 valence electrons. The Bertz CT molecular complexity index is 1330. The fourth-order valence-corrected chi connectivity index (χ4v) is 3.86. The lowest BCUT2D eigenvalue weighted by atomic mass is 10.1. The van der Waals surface area contributed by atoms with Gasteiger partial charge in [-0.25, -0.2) is 24.3 Å². The molecule has 0 bridgehead atoms. The second-order valence-electron chi connectivity index (χ2n) is 6.87. The zero-order chi connectivity index (χ0) is 24.3. The smallest absolute Gasteiger partial charge is 0.351 e. The van der Waals surface area contributed by atoms with Gasteiger partial charge in [0, 0.05) is 24.8 Å². The second-order valence-corrected chi connectivity index (χ2v) is 8.95. The van der Waals surface area contributed by atoms with Gasteiger partial charge in [-0.05, 0) is 11.6 Å². The molecule has 1 heterocycles. The summed E-state index contributed by atoms with van der Waals surface area (Å²) in [5.74, 6) is 4.56. The van der Waals surface area contributed by atoms with E-state index in [1.807, 2.05) is 0 Å². The second kappa shape index (κ2) is 9.02. The summed E-state index contributed by atoms with van der Waals surface area (Å²) in [6.07, 6.45) is 0.693. The van der Waals surface area contributed by atoms with Crippen LogP contribution in [0.4, 0.5) is 5.69 Å². The molecule has 14 heteroatoms. The van der Waals surface area contributed by atoms with Gasteiger partial charge >= 0.3 is 11.4 Å². The van der Waals surface area contributed by atoms with Crippen LogP contribution in [0, 0.1) is 31.6 Å². The van der Waals surface area contributed by atoms with Crippen LogP contribution in [0.5, 0.6) is 5.75 Å². The number of hydrogen-bond acceptors (Lipinski definition) is 11. The van der Waals surface area contributed by atoms with Gasteiger partial charge in [-0.2, -0.15) is 5.26 Å². The number of nitrogens with two attached hydrogens (primary N) is 1. The topological polar surface area (TPSA) is 195 Å². The van der Waals surface area contributed by atoms with E-state index in [4.69, 9.17) is 15.8 Å². The van der Waals surface area contributed by atoms with E-state index >= 15 is 0 Å². The predicted molar refractivity (Wildman–Crippen MR) is 115 cm³/mol. The molecule has 2 aromatic rings. The number of nitriles is 1. The van der Waals surface area contributed by atoms with Gasteiger partial charge in [0.25, 0.3) is 5.88 Å². The average molecular weight is 472 g/mol. The summed E-state index contributed by atoms with van der Waals surface area (Å²) in [6, 6.07) is 13.3. The van der Waals surface area contributed by atoms with Crippen molar-refractivity contribution in [3.63, 3.8) is 0 Å². The number of rotatable bonds is 7. The van der Waals surface area contributed by atoms with Gasteiger partial charge in [-0.3, -0.25) is 20.2 Å². The van der Waals surface area contributed by atoms with Gasteiger partial charge < -0.3 is 4.74 Å². The summed E-state index contributed by atoms with van der Waals surface area (Å²) in [5.41, 5.74) is -2.86. The largest absolute Gasteiger partial charge is 0.427 e. The summed E-state index contributed by atoms with van der Waals surface area (Å²) in [7, 11) is -4.02. The Balaban J connectivity index is 2.22. The lowest BCUT2D eigenvalue weighted by molar-refractivity contribution is -0.419. The minimum atomic E-state index is -4.02. The fourth-order valence-electron chi connectivity index (χ4n) is 3.03. The normalized spacial score (nSPS) is 16.1. The Kier molecular flexibility index (Phi) is 6.38. The first kappa shape index (κ1) is 23.3. The molecule has 0 spiro atoms. The Labute approximate surface area is 187 Å². The number of nitro groups is 2. The molecule has 1 atom stereocenters. The van der Waals surface area contributed by atoms with E-state index in [2.05, 4.69) is 4.99 Å². The lowest BCUT2D eigenvalue weighted by Crippen LogP contribution is -2.50. The first-order valence-electron chi connectivity index (χ1n) is 9.11. The van der Waals surface area contributed by atoms with Crippen molar-refractivity contribution in [3.05, 3.63) is 91.5 Å². The maximum atomic E-state index is 12.3. The van der Waals surface area contributed by atoms with Crippen molar-refractivity contribution in [3.8, 4) is 11.8 Å². The van der Waals surface area contributed by atoms with Gasteiger partial charge in [-0.15, -0.1) is 0 Å². The van der Waals surface area contributed by atoms with Crippen molar-refractivity contribution in [1.82, 2.24) is 5.01 Å². The molecule has 0 radical (unpaired) electrons. The SMILES string of the molecule is CS(=O)(=O)C1N=C(Cc2ccccc2)C([N+](=O)[O-])=C(Oc2cc(C#N)ccc2[N+](=O)[O-])N1N. The third-order valence-electron chi connectivity index (χ3n) is 4.49. The van der Waals surface area contributed by atoms with Crippen LogP contribution in [0.15, 0.2) is 65.1 Å². The van der Waals surface area contributed by atoms with Gasteiger partial charge in [0.2, 0.25) is 11.2 Å². The third-order valence-corrected chi connectivity index (χ3v) is 5.59. The van der Waals surface area contributed by atoms with Crippen molar-refractivity contribution in [2.75, 3.05) is 6.26 Å². The maximum Gasteiger partial charge on any atom is 0.351 e. The average Bonchev–Trinajstić information content (AvgIpc) is 2.75. The fraction of sp³-hybridized carbons (Fsp3) is 0.158. The Morgan fingerprint density at radius 1 is 1.18 bits per heavy atom. The number of sulfone groups is 1. The van der Waals surface area contributed by atoms with Gasteiger partial charge in [-0.1, -0.05) is 30.3 Å². The Morgan fingerprint density at radius 3 is 2.39 bits per heavy atom. The molecule has 33 heavy (non-hydrogen) atoms. The molecule has 0 fully saturated rings. The molecule has 13 nitrogen and oxygen atoms in total. The molecule has 1 aliphatic heterocycles. The summed E-state index contributed by atoms with van der Waals surface area (Å²) in [4.78, 5) is 25.7. The molecular formula is C19H16N6O7S. The van der Waals surface area contributed by atoms with Crippen LogP contribution in [0.3, 0.4) is 0 Å². The summed E-state index contributed by atoms with van der Waals surface area (Å²) in [6.45, 7) is 0. The van der Waals surface area contributed by atoms with E-state index in [9.17, 15) is 28.6 Å². The first-order valence-corrected chi connectivity index (χ1v) is 11.1. The number of aliphatic imine (C=N–C) groups is 1. The lowest BCUT2D eigenvalue weighted by Gasteiger charge is -2.30. The van der Waals surface area contributed by atoms with E-state index in [1.54, 1.807) is 36.4 Å². The van der Waals surface area contributed by atoms with E-state index in [1.165, 1.54) is 0 Å². The molecule has 0 aromatic heterocycles. The van der Waals surface area contributed by atoms with Gasteiger partial charge in [0.1, 0.15) is 5.71 Å². The van der Waals surface area contributed by atoms with Crippen LogP contribution in [0.2, 0.25) is 0 Å². The monoisotopic (exact) mass is 472 g/mol. The van der Waals surface area contributed by atoms with E-state index in [-0.39, 0.29) is 17.7 Å². The van der Waals surface area contributed by atoms with Crippen molar-refractivity contribution >= 4 is 21.2 Å². The number of nitro benzene ring substituents is 1. The van der Waals surface area contributed by atoms with Crippen LogP contribution < -0.4 is 10.6 Å². The maximum absolute atomic E-state index is 12.3. The van der Waals surface area contributed by atoms with Crippen molar-refractivity contribution in [2.45, 2.75) is 11.9 Å². The number of benzene rings is 2. The predicted octanol–water partition coefficient (Wildman–Crippen LogP) is 1.49. The van der Waals surface area contributed by atoms with Crippen LogP contribution in [-0.4, -0.2) is 40.7 Å². The highest BCUT2D eigenvalue weighted by molar-refractivity contribution is 7.91. The van der Waals surface area contributed by atoms with Crippen molar-refractivity contribution in [2.24, 2.45) is 10.8 Å². The number of hydrazine groups is 1. The molecule has 0 amide bonds. The minimum absolute atomic E-state index is 0.0314. The van der Waals surface area contributed by atoms with Crippen LogP contribution in [0.1, 0.15) is 11.1 Å². The quantitative estimate of drug-likeness (QED) is 0.350. The van der Waals surface area contributed by atoms with Crippen LogP contribution in [0.25, 0.3) is 0 Å². The number of hydrogen-bond donors (Lipinski definition) is 1. The molecule has 1 unspecified atom stereocenters. The van der Waals surface area contributed by atoms with Crippen molar-refractivity contribution in [1.29, 1.82) is 5.26 Å². The summed E-state index contributed by atoms with van der Waals surface area (Å²) in [5, 5.41) is 32.9. The Morgan fingerprint density at radius 2 is 1.85 bits per heavy atom. The van der Waals surface area contributed by atoms with Crippen molar-refractivity contribution < 1.29 is 23.0 Å². The molecule has 0 aliphatic carbocycles. The molecule has 1 aliphatic rings. The summed E-state index contributed by atoms with van der Waals surface area (Å²) >= 11 is 0. The number of allylic oxidation sites excluding steroid dienone is 1. The molecule has 3 rings (SSSR count). The third kappa shape index (κ3) is 4.95. The van der Waals surface area contributed by atoms with E-state index < -0.39 is 48.2 Å². The van der Waals surface area contributed by atoms with Gasteiger partial charge in [0.05, 0.1) is 21.5 Å². The minimum Gasteiger partial charge on any atom is -0.427 e. The molecular weight excluding hydrogens is 456 g/mol. The zero-order valence-electron chi connectivity index (χ0n) is 17.0. The van der Waals surface area contributed by atoms with Crippen LogP contribution >= 0.6 is 0 Å². The Hall–Kier alpha value is -4.35. The van der Waals surface area contributed by atoms with Gasteiger partial charge in [0.15, 0.2) is 9.84 Å². The standard InChI is InChI=1S/C19H16N6O7S/c1-33(30,31)19-22-14(9-12-5-3-2-4-6-12)17(25(28)29)18(23(19)21)32-16-10-13(11-20)7-8-15(16)24(26)27/h2-8,10,19H,9,21H2,1H3. The molecule has 0 saturated heterocycles.